The SMILES string of the molecule is CCCCCCCN(CCCCCCC)C(=S)[S-].CCCCCCCN(CCCCCCC)C(=S)[S-].[Fe+2]. The average Bonchev–Trinajstić information content (AvgIpc) is 2.85. The summed E-state index contributed by atoms with van der Waals surface area (Å²) in [5, 5.41) is 0. The fourth-order valence-corrected chi connectivity index (χ4v) is 4.94. The normalized spacial score (nSPS) is 10.3. The predicted octanol–water partition coefficient (Wildman–Crippen LogP) is 10.1. The van der Waals surface area contributed by atoms with Crippen molar-refractivity contribution in [2.24, 2.45) is 0 Å². The standard InChI is InChI=1S/2C15H31NS2.Fe/c2*1-3-5-7-9-11-13-16(15(17)18)14-12-10-8-6-4-2;/h2*3-14H2,1-2H3,(H,17,18);/q;;+2/p-2. The zero-order valence-corrected chi connectivity index (χ0v) is 29.2. The van der Waals surface area contributed by atoms with E-state index in [0.29, 0.717) is 8.64 Å². The zero-order chi connectivity index (χ0) is 27.3. The summed E-state index contributed by atoms with van der Waals surface area (Å²) in [5.74, 6) is 0. The topological polar surface area (TPSA) is 6.48 Å². The first kappa shape index (κ1) is 42.2. The van der Waals surface area contributed by atoms with Crippen LogP contribution in [0.4, 0.5) is 0 Å². The van der Waals surface area contributed by atoms with Crippen LogP contribution in [0.1, 0.15) is 156 Å². The van der Waals surface area contributed by atoms with E-state index >= 15 is 0 Å². The first-order valence-electron chi connectivity index (χ1n) is 15.4. The second kappa shape index (κ2) is 34.8. The van der Waals surface area contributed by atoms with Crippen LogP contribution in [0.2, 0.25) is 0 Å². The van der Waals surface area contributed by atoms with Crippen LogP contribution in [0.25, 0.3) is 0 Å². The summed E-state index contributed by atoms with van der Waals surface area (Å²) in [6.07, 6.45) is 26.3. The van der Waals surface area contributed by atoms with Crippen molar-refractivity contribution in [2.45, 2.75) is 156 Å². The average molecular weight is 633 g/mol. The first-order valence-corrected chi connectivity index (χ1v) is 17.0. The second-order valence-electron chi connectivity index (χ2n) is 10.2. The summed E-state index contributed by atoms with van der Waals surface area (Å²) in [5.41, 5.74) is 0. The molecule has 2 nitrogen and oxygen atoms in total. The first-order chi connectivity index (χ1) is 17.4. The Labute approximate surface area is 265 Å². The van der Waals surface area contributed by atoms with E-state index in [-0.39, 0.29) is 17.1 Å². The van der Waals surface area contributed by atoms with Gasteiger partial charge in [0.25, 0.3) is 0 Å². The molecule has 0 saturated heterocycles. The van der Waals surface area contributed by atoms with Crippen LogP contribution >= 0.6 is 24.4 Å². The monoisotopic (exact) mass is 632 g/mol. The van der Waals surface area contributed by atoms with Gasteiger partial charge < -0.3 is 59.5 Å². The fourth-order valence-electron chi connectivity index (χ4n) is 4.21. The Balaban J connectivity index is -0.000000608. The van der Waals surface area contributed by atoms with Gasteiger partial charge in [0.15, 0.2) is 0 Å². The van der Waals surface area contributed by atoms with Crippen molar-refractivity contribution in [3.05, 3.63) is 0 Å². The van der Waals surface area contributed by atoms with Gasteiger partial charge in [-0.2, -0.15) is 0 Å². The number of hydrogen-bond donors (Lipinski definition) is 0. The largest absolute Gasteiger partial charge is 2.00 e. The summed E-state index contributed by atoms with van der Waals surface area (Å²) < 4.78 is 1.34. The minimum atomic E-state index is 0. The number of rotatable bonds is 24. The maximum absolute atomic E-state index is 5.16. The van der Waals surface area contributed by atoms with E-state index in [1.165, 1.54) is 128 Å². The van der Waals surface area contributed by atoms with E-state index in [1.807, 2.05) is 0 Å². The van der Waals surface area contributed by atoms with Crippen LogP contribution < -0.4 is 0 Å². The Morgan fingerprint density at radius 3 is 0.757 bits per heavy atom. The maximum atomic E-state index is 5.16. The molecule has 0 saturated carbocycles. The van der Waals surface area contributed by atoms with E-state index < -0.39 is 0 Å². The molecular formula is C30H60FeN2S4. The molecule has 0 bridgehead atoms. The molecule has 0 aromatic rings. The van der Waals surface area contributed by atoms with Crippen LogP contribution in [-0.2, 0) is 42.3 Å². The molecule has 0 aliphatic rings. The molecule has 0 rings (SSSR count). The van der Waals surface area contributed by atoms with Crippen LogP contribution in [0, 0.1) is 0 Å². The zero-order valence-electron chi connectivity index (χ0n) is 24.9. The molecule has 7 heteroatoms. The quantitative estimate of drug-likeness (QED) is 0.0449. The van der Waals surface area contributed by atoms with E-state index in [1.54, 1.807) is 0 Å². The van der Waals surface area contributed by atoms with E-state index in [4.69, 9.17) is 49.7 Å². The van der Waals surface area contributed by atoms with Gasteiger partial charge in [-0.3, -0.25) is 0 Å². The Hall–Kier alpha value is 0.739. The summed E-state index contributed by atoms with van der Waals surface area (Å²) in [6.45, 7) is 13.3. The molecule has 0 fully saturated rings. The molecule has 0 atom stereocenters. The number of nitrogens with zero attached hydrogens (tertiary/aromatic N) is 2. The molecule has 0 heterocycles. The second-order valence-corrected chi connectivity index (χ2v) is 12.2. The van der Waals surface area contributed by atoms with Crippen molar-refractivity contribution in [3.8, 4) is 0 Å². The van der Waals surface area contributed by atoms with Crippen molar-refractivity contribution in [1.82, 2.24) is 9.80 Å². The molecule has 0 spiro atoms. The molecular weight excluding hydrogens is 572 g/mol. The van der Waals surface area contributed by atoms with Gasteiger partial charge in [-0.1, -0.05) is 139 Å². The van der Waals surface area contributed by atoms with Crippen molar-refractivity contribution in [2.75, 3.05) is 26.2 Å². The third-order valence-electron chi connectivity index (χ3n) is 6.64. The number of thiocarbonyl (C=S) groups is 2. The van der Waals surface area contributed by atoms with Gasteiger partial charge in [-0.05, 0) is 25.7 Å². The van der Waals surface area contributed by atoms with Gasteiger partial charge in [-0.15, -0.1) is 0 Å². The van der Waals surface area contributed by atoms with Gasteiger partial charge in [0.05, 0.1) is 0 Å². The summed E-state index contributed by atoms with van der Waals surface area (Å²) in [6, 6.07) is 0. The van der Waals surface area contributed by atoms with E-state index in [2.05, 4.69) is 37.5 Å². The van der Waals surface area contributed by atoms with Crippen molar-refractivity contribution < 1.29 is 17.1 Å². The summed E-state index contributed by atoms with van der Waals surface area (Å²) in [4.78, 5) is 4.45. The van der Waals surface area contributed by atoms with Crippen molar-refractivity contribution in [1.29, 1.82) is 0 Å². The Bertz CT molecular complexity index is 410. The van der Waals surface area contributed by atoms with Crippen LogP contribution in [0.5, 0.6) is 0 Å². The molecule has 0 aromatic carbocycles. The minimum absolute atomic E-state index is 0. The molecule has 0 radical (unpaired) electrons. The van der Waals surface area contributed by atoms with Gasteiger partial charge in [-0.25, -0.2) is 0 Å². The molecule has 0 aliphatic heterocycles. The molecule has 222 valence electrons. The number of unbranched alkanes of at least 4 members (excludes halogenated alkanes) is 16. The maximum Gasteiger partial charge on any atom is 2.00 e. The van der Waals surface area contributed by atoms with E-state index in [9.17, 15) is 0 Å². The molecule has 0 aliphatic carbocycles. The molecule has 0 unspecified atom stereocenters. The van der Waals surface area contributed by atoms with Gasteiger partial charge in [0.2, 0.25) is 0 Å². The van der Waals surface area contributed by atoms with Crippen LogP contribution in [0.15, 0.2) is 0 Å². The molecule has 37 heavy (non-hydrogen) atoms. The number of hydrogen-bond acceptors (Lipinski definition) is 4. The Morgan fingerprint density at radius 1 is 0.405 bits per heavy atom. The predicted molar refractivity (Wildman–Crippen MR) is 178 cm³/mol. The summed E-state index contributed by atoms with van der Waals surface area (Å²) in [7, 11) is 0. The van der Waals surface area contributed by atoms with Crippen LogP contribution in [0.3, 0.4) is 0 Å². The van der Waals surface area contributed by atoms with Gasteiger partial charge >= 0.3 is 17.1 Å². The van der Waals surface area contributed by atoms with Crippen molar-refractivity contribution in [3.63, 3.8) is 0 Å². The molecule has 0 N–H and O–H groups in total. The van der Waals surface area contributed by atoms with Crippen LogP contribution in [-0.4, -0.2) is 44.6 Å². The Morgan fingerprint density at radius 2 is 0.595 bits per heavy atom. The van der Waals surface area contributed by atoms with Gasteiger partial charge in [0, 0.05) is 26.2 Å². The smallest absolute Gasteiger partial charge is 0.411 e. The van der Waals surface area contributed by atoms with Crippen molar-refractivity contribution >= 4 is 58.3 Å². The molecule has 0 aromatic heterocycles. The van der Waals surface area contributed by atoms with E-state index in [0.717, 1.165) is 26.2 Å². The minimum Gasteiger partial charge on any atom is -0.411 e. The Kier molecular flexibility index (Phi) is 39.7. The third-order valence-corrected chi connectivity index (χ3v) is 7.68. The summed E-state index contributed by atoms with van der Waals surface area (Å²) >= 11 is 20.6. The van der Waals surface area contributed by atoms with Gasteiger partial charge in [0.1, 0.15) is 0 Å². The molecule has 0 amide bonds. The fraction of sp³-hybridized carbons (Fsp3) is 0.933. The third kappa shape index (κ3) is 32.8.